The van der Waals surface area contributed by atoms with Gasteiger partial charge in [-0.05, 0) is 37.1 Å². The Morgan fingerprint density at radius 3 is 1.70 bits per heavy atom. The van der Waals surface area contributed by atoms with Crippen LogP contribution >= 0.6 is 0 Å². The summed E-state index contributed by atoms with van der Waals surface area (Å²) in [5.74, 6) is -1.76. The average molecular weight is 314 g/mol. The Hall–Kier alpha value is -2.69. The molecule has 5 heteroatoms. The second kappa shape index (κ2) is 7.54. The molecule has 2 amide bonds. The molecule has 23 heavy (non-hydrogen) atoms. The Balaban J connectivity index is 1.92. The van der Waals surface area contributed by atoms with Gasteiger partial charge < -0.3 is 10.6 Å². The molecule has 2 aromatic rings. The van der Waals surface area contributed by atoms with Crippen molar-refractivity contribution in [3.8, 4) is 0 Å². The second-order valence-electron chi connectivity index (χ2n) is 5.35. The Morgan fingerprint density at radius 1 is 0.783 bits per heavy atom. The summed E-state index contributed by atoms with van der Waals surface area (Å²) in [6, 6.07) is 14.5. The van der Waals surface area contributed by atoms with E-state index in [1.54, 1.807) is 19.1 Å². The maximum Gasteiger partial charge on any atom is 0.309 e. The van der Waals surface area contributed by atoms with Crippen LogP contribution in [0.4, 0.5) is 4.39 Å². The first-order valence-corrected chi connectivity index (χ1v) is 7.39. The zero-order valence-electron chi connectivity index (χ0n) is 13.0. The topological polar surface area (TPSA) is 58.2 Å². The first-order chi connectivity index (χ1) is 11.0. The molecule has 0 saturated carbocycles. The molecular formula is C18H19FN2O2. The highest BCUT2D eigenvalue weighted by atomic mass is 19.1. The summed E-state index contributed by atoms with van der Waals surface area (Å²) in [4.78, 5) is 23.9. The zero-order valence-corrected chi connectivity index (χ0v) is 13.0. The predicted octanol–water partition coefficient (Wildman–Crippen LogP) is 2.88. The van der Waals surface area contributed by atoms with Crippen LogP contribution in [-0.4, -0.2) is 11.8 Å². The van der Waals surface area contributed by atoms with Crippen molar-refractivity contribution >= 4 is 11.8 Å². The lowest BCUT2D eigenvalue weighted by Gasteiger charge is -2.17. The second-order valence-corrected chi connectivity index (χ2v) is 5.35. The van der Waals surface area contributed by atoms with Gasteiger partial charge in [0.05, 0.1) is 12.1 Å². The standard InChI is InChI=1S/C18H19FN2O2/c1-12(14-6-4-3-5-7-14)20-17(22)18(23)21-13(2)15-8-10-16(19)11-9-15/h3-13H,1-2H3,(H,20,22)(H,21,23)/t12-,13-/m0/s1. The van der Waals surface area contributed by atoms with Gasteiger partial charge in [0.1, 0.15) is 5.82 Å². The number of rotatable bonds is 4. The molecule has 4 nitrogen and oxygen atoms in total. The minimum Gasteiger partial charge on any atom is -0.341 e. The third-order valence-corrected chi connectivity index (χ3v) is 3.57. The van der Waals surface area contributed by atoms with E-state index in [0.717, 1.165) is 11.1 Å². The molecule has 0 spiro atoms. The normalized spacial score (nSPS) is 13.0. The van der Waals surface area contributed by atoms with Gasteiger partial charge in [0.2, 0.25) is 0 Å². The number of halogens is 1. The number of carbonyl (C=O) groups excluding carboxylic acids is 2. The Bertz CT molecular complexity index is 671. The van der Waals surface area contributed by atoms with Gasteiger partial charge in [0, 0.05) is 0 Å². The van der Waals surface area contributed by atoms with Crippen LogP contribution in [0, 0.1) is 5.82 Å². The van der Waals surface area contributed by atoms with E-state index in [0.29, 0.717) is 0 Å². The number of carbonyl (C=O) groups is 2. The van der Waals surface area contributed by atoms with Crippen molar-refractivity contribution < 1.29 is 14.0 Å². The molecule has 2 atom stereocenters. The molecule has 0 unspecified atom stereocenters. The van der Waals surface area contributed by atoms with Crippen LogP contribution in [0.15, 0.2) is 54.6 Å². The molecule has 0 aromatic heterocycles. The fourth-order valence-electron chi connectivity index (χ4n) is 2.18. The van der Waals surface area contributed by atoms with Gasteiger partial charge in [-0.1, -0.05) is 42.5 Å². The Morgan fingerprint density at radius 2 is 1.22 bits per heavy atom. The number of nitrogens with one attached hydrogen (secondary N) is 2. The van der Waals surface area contributed by atoms with E-state index >= 15 is 0 Å². The predicted molar refractivity (Wildman–Crippen MR) is 86.0 cm³/mol. The van der Waals surface area contributed by atoms with E-state index < -0.39 is 11.8 Å². The maximum absolute atomic E-state index is 12.9. The zero-order chi connectivity index (χ0) is 16.8. The van der Waals surface area contributed by atoms with Gasteiger partial charge in [-0.25, -0.2) is 4.39 Å². The lowest BCUT2D eigenvalue weighted by atomic mass is 10.1. The molecule has 2 N–H and O–H groups in total. The van der Waals surface area contributed by atoms with Gasteiger partial charge >= 0.3 is 11.8 Å². The van der Waals surface area contributed by atoms with Crippen LogP contribution in [-0.2, 0) is 9.59 Å². The van der Waals surface area contributed by atoms with Crippen molar-refractivity contribution in [3.05, 3.63) is 71.5 Å². The third kappa shape index (κ3) is 4.64. The van der Waals surface area contributed by atoms with Crippen LogP contribution < -0.4 is 10.6 Å². The highest BCUT2D eigenvalue weighted by Gasteiger charge is 2.19. The third-order valence-electron chi connectivity index (χ3n) is 3.57. The van der Waals surface area contributed by atoms with Crippen LogP contribution in [0.25, 0.3) is 0 Å². The summed E-state index contributed by atoms with van der Waals surface area (Å²) in [7, 11) is 0. The minimum atomic E-state index is -0.718. The van der Waals surface area contributed by atoms with Crippen molar-refractivity contribution in [1.29, 1.82) is 0 Å². The van der Waals surface area contributed by atoms with Crippen molar-refractivity contribution in [2.45, 2.75) is 25.9 Å². The molecule has 2 rings (SSSR count). The summed E-state index contributed by atoms with van der Waals surface area (Å²) < 4.78 is 12.9. The first-order valence-electron chi connectivity index (χ1n) is 7.39. The molecule has 0 aliphatic heterocycles. The number of amides is 2. The molecule has 2 aromatic carbocycles. The smallest absolute Gasteiger partial charge is 0.309 e. The van der Waals surface area contributed by atoms with E-state index in [1.807, 2.05) is 37.3 Å². The van der Waals surface area contributed by atoms with Crippen molar-refractivity contribution in [1.82, 2.24) is 10.6 Å². The largest absolute Gasteiger partial charge is 0.341 e. The van der Waals surface area contributed by atoms with Gasteiger partial charge in [-0.15, -0.1) is 0 Å². The lowest BCUT2D eigenvalue weighted by molar-refractivity contribution is -0.140. The lowest BCUT2D eigenvalue weighted by Crippen LogP contribution is -2.41. The minimum absolute atomic E-state index is 0.268. The molecule has 120 valence electrons. The van der Waals surface area contributed by atoms with E-state index in [1.165, 1.54) is 12.1 Å². The van der Waals surface area contributed by atoms with Crippen molar-refractivity contribution in [2.24, 2.45) is 0 Å². The molecule has 0 heterocycles. The number of hydrogen-bond donors (Lipinski definition) is 2. The average Bonchev–Trinajstić information content (AvgIpc) is 2.56. The maximum atomic E-state index is 12.9. The number of hydrogen-bond acceptors (Lipinski definition) is 2. The monoisotopic (exact) mass is 314 g/mol. The van der Waals surface area contributed by atoms with Crippen LogP contribution in [0.5, 0.6) is 0 Å². The Labute approximate surface area is 134 Å². The summed E-state index contributed by atoms with van der Waals surface area (Å²) in [5.41, 5.74) is 1.64. The van der Waals surface area contributed by atoms with Gasteiger partial charge in [-0.2, -0.15) is 0 Å². The Kier molecular flexibility index (Phi) is 5.46. The quantitative estimate of drug-likeness (QED) is 0.853. The fraction of sp³-hybridized carbons (Fsp3) is 0.222. The summed E-state index contributed by atoms with van der Waals surface area (Å²) in [5, 5.41) is 5.25. The summed E-state index contributed by atoms with van der Waals surface area (Å²) in [6.45, 7) is 3.54. The molecule has 0 aliphatic carbocycles. The molecule has 0 bridgehead atoms. The molecule has 0 fully saturated rings. The van der Waals surface area contributed by atoms with E-state index in [2.05, 4.69) is 10.6 Å². The number of benzene rings is 2. The summed E-state index contributed by atoms with van der Waals surface area (Å²) >= 11 is 0. The van der Waals surface area contributed by atoms with Gasteiger partial charge in [0.25, 0.3) is 0 Å². The molecule has 0 saturated heterocycles. The molecule has 0 radical (unpaired) electrons. The highest BCUT2D eigenvalue weighted by molar-refractivity contribution is 6.35. The molecule has 0 aliphatic rings. The van der Waals surface area contributed by atoms with Gasteiger partial charge in [0.15, 0.2) is 0 Å². The molecular weight excluding hydrogens is 295 g/mol. The van der Waals surface area contributed by atoms with Gasteiger partial charge in [-0.3, -0.25) is 9.59 Å². The van der Waals surface area contributed by atoms with Crippen LogP contribution in [0.2, 0.25) is 0 Å². The van der Waals surface area contributed by atoms with E-state index in [4.69, 9.17) is 0 Å². The fourth-order valence-corrected chi connectivity index (χ4v) is 2.18. The van der Waals surface area contributed by atoms with Crippen LogP contribution in [0.3, 0.4) is 0 Å². The SMILES string of the molecule is C[C@H](NC(=O)C(=O)N[C@@H](C)c1ccc(F)cc1)c1ccccc1. The first kappa shape index (κ1) is 16.7. The summed E-state index contributed by atoms with van der Waals surface area (Å²) in [6.07, 6.45) is 0. The van der Waals surface area contributed by atoms with E-state index in [9.17, 15) is 14.0 Å². The van der Waals surface area contributed by atoms with Crippen LogP contribution in [0.1, 0.15) is 37.1 Å². The van der Waals surface area contributed by atoms with Crippen molar-refractivity contribution in [2.75, 3.05) is 0 Å². The van der Waals surface area contributed by atoms with E-state index in [-0.39, 0.29) is 17.9 Å². The highest BCUT2D eigenvalue weighted by Crippen LogP contribution is 2.13. The van der Waals surface area contributed by atoms with Crippen molar-refractivity contribution in [3.63, 3.8) is 0 Å².